The van der Waals surface area contributed by atoms with Crippen molar-refractivity contribution in [2.45, 2.75) is 51.9 Å². The maximum Gasteiger partial charge on any atom is -0.0202 e. The van der Waals surface area contributed by atoms with Gasteiger partial charge in [-0.1, -0.05) is 31.4 Å². The van der Waals surface area contributed by atoms with Crippen LogP contribution in [0.5, 0.6) is 0 Å². The SMILES string of the molecule is CCCC1=CC2CCCC2CC1. The third kappa shape index (κ3) is 1.57. The zero-order chi connectivity index (χ0) is 8.39. The van der Waals surface area contributed by atoms with Gasteiger partial charge in [0.25, 0.3) is 0 Å². The lowest BCUT2D eigenvalue weighted by molar-refractivity contribution is 0.398. The summed E-state index contributed by atoms with van der Waals surface area (Å²) in [7, 11) is 0. The Labute approximate surface area is 76.1 Å². The van der Waals surface area contributed by atoms with Crippen LogP contribution in [0.15, 0.2) is 11.6 Å². The second-order valence-electron chi connectivity index (χ2n) is 4.47. The molecule has 0 bridgehead atoms. The molecule has 0 nitrogen and oxygen atoms in total. The summed E-state index contributed by atoms with van der Waals surface area (Å²) in [4.78, 5) is 0. The van der Waals surface area contributed by atoms with Gasteiger partial charge < -0.3 is 0 Å². The zero-order valence-electron chi connectivity index (χ0n) is 8.18. The van der Waals surface area contributed by atoms with Gasteiger partial charge >= 0.3 is 0 Å². The lowest BCUT2D eigenvalue weighted by atomic mass is 9.82. The van der Waals surface area contributed by atoms with E-state index in [9.17, 15) is 0 Å². The molecule has 0 saturated heterocycles. The number of hydrogen-bond acceptors (Lipinski definition) is 0. The van der Waals surface area contributed by atoms with Gasteiger partial charge in [0.2, 0.25) is 0 Å². The summed E-state index contributed by atoms with van der Waals surface area (Å²) in [6.07, 6.45) is 12.7. The molecule has 2 aliphatic carbocycles. The highest BCUT2D eigenvalue weighted by Crippen LogP contribution is 2.41. The van der Waals surface area contributed by atoms with Crippen molar-refractivity contribution in [2.24, 2.45) is 11.8 Å². The molecule has 2 unspecified atom stereocenters. The molecule has 0 spiro atoms. The predicted octanol–water partition coefficient (Wildman–Crippen LogP) is 3.92. The van der Waals surface area contributed by atoms with Crippen LogP contribution < -0.4 is 0 Å². The number of hydrogen-bond donors (Lipinski definition) is 0. The van der Waals surface area contributed by atoms with E-state index in [-0.39, 0.29) is 0 Å². The first-order valence-electron chi connectivity index (χ1n) is 5.59. The smallest absolute Gasteiger partial charge is 0.0202 e. The molecular formula is C12H20. The summed E-state index contributed by atoms with van der Waals surface area (Å²) in [5.41, 5.74) is 1.76. The van der Waals surface area contributed by atoms with Crippen LogP contribution in [0.2, 0.25) is 0 Å². The first kappa shape index (κ1) is 8.34. The van der Waals surface area contributed by atoms with Gasteiger partial charge in [0.1, 0.15) is 0 Å². The van der Waals surface area contributed by atoms with Crippen LogP contribution in [0.4, 0.5) is 0 Å². The average Bonchev–Trinajstić information content (AvgIpc) is 2.51. The Morgan fingerprint density at radius 1 is 1.33 bits per heavy atom. The van der Waals surface area contributed by atoms with E-state index in [0.29, 0.717) is 0 Å². The van der Waals surface area contributed by atoms with Crippen LogP contribution in [-0.2, 0) is 0 Å². The summed E-state index contributed by atoms with van der Waals surface area (Å²) in [6.45, 7) is 2.29. The first-order chi connectivity index (χ1) is 5.90. The van der Waals surface area contributed by atoms with E-state index in [1.807, 2.05) is 0 Å². The maximum absolute atomic E-state index is 2.62. The normalized spacial score (nSPS) is 34.6. The standard InChI is InChI=1S/C12H20/c1-2-4-10-7-8-11-5-3-6-12(11)9-10/h9,11-12H,2-8H2,1H3. The minimum atomic E-state index is 0.986. The molecule has 2 rings (SSSR count). The van der Waals surface area contributed by atoms with E-state index in [0.717, 1.165) is 11.8 Å². The van der Waals surface area contributed by atoms with E-state index in [1.165, 1.54) is 44.9 Å². The molecule has 68 valence electrons. The van der Waals surface area contributed by atoms with Crippen LogP contribution in [-0.4, -0.2) is 0 Å². The molecule has 0 amide bonds. The Balaban J connectivity index is 1.99. The topological polar surface area (TPSA) is 0 Å². The van der Waals surface area contributed by atoms with Crippen molar-refractivity contribution >= 4 is 0 Å². The van der Waals surface area contributed by atoms with Crippen LogP contribution in [0.3, 0.4) is 0 Å². The molecule has 0 N–H and O–H groups in total. The van der Waals surface area contributed by atoms with Crippen molar-refractivity contribution in [1.29, 1.82) is 0 Å². The summed E-state index contributed by atoms with van der Waals surface area (Å²) in [5.74, 6) is 2.06. The third-order valence-electron chi connectivity index (χ3n) is 3.58. The summed E-state index contributed by atoms with van der Waals surface area (Å²) < 4.78 is 0. The van der Waals surface area contributed by atoms with E-state index < -0.39 is 0 Å². The van der Waals surface area contributed by atoms with Crippen LogP contribution >= 0.6 is 0 Å². The van der Waals surface area contributed by atoms with Gasteiger partial charge in [-0.05, 0) is 43.9 Å². The minimum absolute atomic E-state index is 0.986. The van der Waals surface area contributed by atoms with Crippen molar-refractivity contribution < 1.29 is 0 Å². The second kappa shape index (κ2) is 3.64. The van der Waals surface area contributed by atoms with Gasteiger partial charge in [-0.3, -0.25) is 0 Å². The van der Waals surface area contributed by atoms with E-state index in [1.54, 1.807) is 5.57 Å². The Morgan fingerprint density at radius 2 is 2.25 bits per heavy atom. The van der Waals surface area contributed by atoms with Gasteiger partial charge in [0, 0.05) is 0 Å². The van der Waals surface area contributed by atoms with Crippen molar-refractivity contribution in [1.82, 2.24) is 0 Å². The first-order valence-corrected chi connectivity index (χ1v) is 5.59. The number of rotatable bonds is 2. The molecule has 2 atom stereocenters. The van der Waals surface area contributed by atoms with Crippen molar-refractivity contribution in [3.63, 3.8) is 0 Å². The molecule has 0 heterocycles. The zero-order valence-corrected chi connectivity index (χ0v) is 8.18. The molecule has 0 aliphatic heterocycles. The lowest BCUT2D eigenvalue weighted by Gasteiger charge is -2.24. The highest BCUT2D eigenvalue weighted by atomic mass is 14.3. The molecule has 0 aromatic carbocycles. The Hall–Kier alpha value is -0.260. The van der Waals surface area contributed by atoms with Crippen molar-refractivity contribution in [3.8, 4) is 0 Å². The van der Waals surface area contributed by atoms with Crippen molar-refractivity contribution in [2.75, 3.05) is 0 Å². The van der Waals surface area contributed by atoms with Gasteiger partial charge in [-0.25, -0.2) is 0 Å². The maximum atomic E-state index is 2.62. The quantitative estimate of drug-likeness (QED) is 0.543. The summed E-state index contributed by atoms with van der Waals surface area (Å²) in [5, 5.41) is 0. The van der Waals surface area contributed by atoms with Crippen LogP contribution in [0, 0.1) is 11.8 Å². The fourth-order valence-corrected chi connectivity index (χ4v) is 2.93. The van der Waals surface area contributed by atoms with E-state index in [4.69, 9.17) is 0 Å². The Bertz CT molecular complexity index is 178. The van der Waals surface area contributed by atoms with Gasteiger partial charge in [-0.2, -0.15) is 0 Å². The lowest BCUT2D eigenvalue weighted by Crippen LogP contribution is -2.11. The van der Waals surface area contributed by atoms with Gasteiger partial charge in [0.05, 0.1) is 0 Å². The summed E-state index contributed by atoms with van der Waals surface area (Å²) >= 11 is 0. The van der Waals surface area contributed by atoms with E-state index >= 15 is 0 Å². The van der Waals surface area contributed by atoms with E-state index in [2.05, 4.69) is 13.0 Å². The Kier molecular flexibility index (Phi) is 2.53. The fraction of sp³-hybridized carbons (Fsp3) is 0.833. The van der Waals surface area contributed by atoms with Gasteiger partial charge in [0.15, 0.2) is 0 Å². The molecule has 0 aromatic rings. The molecule has 12 heavy (non-hydrogen) atoms. The largest absolute Gasteiger partial charge is 0.0819 e. The molecule has 0 heteroatoms. The average molecular weight is 164 g/mol. The molecule has 1 saturated carbocycles. The summed E-state index contributed by atoms with van der Waals surface area (Å²) in [6, 6.07) is 0. The predicted molar refractivity (Wildman–Crippen MR) is 53.1 cm³/mol. The molecule has 1 fully saturated rings. The fourth-order valence-electron chi connectivity index (χ4n) is 2.93. The van der Waals surface area contributed by atoms with Crippen molar-refractivity contribution in [3.05, 3.63) is 11.6 Å². The molecular weight excluding hydrogens is 144 g/mol. The van der Waals surface area contributed by atoms with Gasteiger partial charge in [-0.15, -0.1) is 0 Å². The minimum Gasteiger partial charge on any atom is -0.0819 e. The molecule has 0 aromatic heterocycles. The monoisotopic (exact) mass is 164 g/mol. The van der Waals surface area contributed by atoms with Crippen LogP contribution in [0.25, 0.3) is 0 Å². The van der Waals surface area contributed by atoms with Crippen LogP contribution in [0.1, 0.15) is 51.9 Å². The third-order valence-corrected chi connectivity index (χ3v) is 3.58. The highest BCUT2D eigenvalue weighted by Gasteiger charge is 2.28. The molecule has 0 radical (unpaired) electrons. The highest BCUT2D eigenvalue weighted by molar-refractivity contribution is 5.11. The number of allylic oxidation sites excluding steroid dienone is 2. The Morgan fingerprint density at radius 3 is 3.08 bits per heavy atom. The molecule has 2 aliphatic rings. The number of fused-ring (bicyclic) bond motifs is 1. The second-order valence-corrected chi connectivity index (χ2v) is 4.47.